The van der Waals surface area contributed by atoms with Gasteiger partial charge in [-0.3, -0.25) is 0 Å². The summed E-state index contributed by atoms with van der Waals surface area (Å²) in [7, 11) is 0. The Balaban J connectivity index is 2.30. The van der Waals surface area contributed by atoms with Crippen molar-refractivity contribution >= 4 is 23.4 Å². The van der Waals surface area contributed by atoms with Crippen molar-refractivity contribution in [3.8, 4) is 0 Å². The number of carboxylic acids is 1. The molecule has 1 aliphatic heterocycles. The van der Waals surface area contributed by atoms with E-state index in [1.54, 1.807) is 6.07 Å². The third-order valence-corrected chi connectivity index (χ3v) is 2.65. The van der Waals surface area contributed by atoms with Crippen molar-refractivity contribution in [1.82, 2.24) is 4.98 Å². The van der Waals surface area contributed by atoms with E-state index in [0.717, 1.165) is 0 Å². The van der Waals surface area contributed by atoms with Gasteiger partial charge in [0.15, 0.2) is 5.69 Å². The molecule has 0 bridgehead atoms. The Kier molecular flexibility index (Phi) is 3.26. The predicted molar refractivity (Wildman–Crippen MR) is 59.2 cm³/mol. The van der Waals surface area contributed by atoms with Crippen LogP contribution in [0.15, 0.2) is 12.1 Å². The molecule has 5 nitrogen and oxygen atoms in total. The predicted octanol–water partition coefficient (Wildman–Crippen LogP) is 1.27. The summed E-state index contributed by atoms with van der Waals surface area (Å²) in [6.45, 7) is 2.57. The minimum Gasteiger partial charge on any atom is -0.477 e. The molecule has 0 amide bonds. The largest absolute Gasteiger partial charge is 0.477 e. The monoisotopic (exact) mass is 242 g/mol. The molecule has 1 aliphatic rings. The summed E-state index contributed by atoms with van der Waals surface area (Å²) in [6.07, 6.45) is 0. The van der Waals surface area contributed by atoms with Crippen LogP contribution in [0, 0.1) is 0 Å². The molecule has 6 heteroatoms. The Morgan fingerprint density at radius 1 is 1.44 bits per heavy atom. The lowest BCUT2D eigenvalue weighted by Gasteiger charge is -2.28. The summed E-state index contributed by atoms with van der Waals surface area (Å²) in [5.74, 6) is -0.531. The number of aromatic nitrogens is 1. The van der Waals surface area contributed by atoms with E-state index in [1.165, 1.54) is 6.07 Å². The number of hydrogen-bond acceptors (Lipinski definition) is 4. The molecule has 16 heavy (non-hydrogen) atoms. The van der Waals surface area contributed by atoms with Crippen LogP contribution in [0.25, 0.3) is 0 Å². The molecule has 0 aliphatic carbocycles. The number of carbonyl (C=O) groups is 1. The lowest BCUT2D eigenvalue weighted by Crippen LogP contribution is -2.37. The molecule has 1 saturated heterocycles. The van der Waals surface area contributed by atoms with Crippen LogP contribution in [0.3, 0.4) is 0 Å². The zero-order valence-corrected chi connectivity index (χ0v) is 9.28. The molecule has 0 atom stereocenters. The molecule has 2 rings (SSSR count). The van der Waals surface area contributed by atoms with Crippen LogP contribution in [0.4, 0.5) is 5.82 Å². The molecule has 2 heterocycles. The highest BCUT2D eigenvalue weighted by Gasteiger charge is 2.17. The molecular weight excluding hydrogens is 232 g/mol. The van der Waals surface area contributed by atoms with Crippen molar-refractivity contribution in [2.75, 3.05) is 31.2 Å². The molecule has 0 spiro atoms. The van der Waals surface area contributed by atoms with Gasteiger partial charge in [0.05, 0.1) is 18.2 Å². The Morgan fingerprint density at radius 3 is 2.75 bits per heavy atom. The standard InChI is InChI=1S/C10H11ClN2O3/c11-7-1-2-8(10(14)15)12-9(7)13-3-5-16-6-4-13/h1-2H,3-6H2,(H,14,15). The van der Waals surface area contributed by atoms with Crippen molar-refractivity contribution in [3.63, 3.8) is 0 Å². The fourth-order valence-electron chi connectivity index (χ4n) is 1.55. The number of aromatic carboxylic acids is 1. The van der Waals surface area contributed by atoms with Gasteiger partial charge >= 0.3 is 5.97 Å². The van der Waals surface area contributed by atoms with E-state index in [9.17, 15) is 4.79 Å². The molecule has 1 N–H and O–H groups in total. The van der Waals surface area contributed by atoms with Crippen molar-refractivity contribution in [1.29, 1.82) is 0 Å². The number of rotatable bonds is 2. The third kappa shape index (κ3) is 2.25. The average molecular weight is 243 g/mol. The van der Waals surface area contributed by atoms with Gasteiger partial charge in [0.25, 0.3) is 0 Å². The molecule has 1 aromatic rings. The third-order valence-electron chi connectivity index (χ3n) is 2.36. The minimum absolute atomic E-state index is 0.00546. The molecule has 0 aromatic carbocycles. The van der Waals surface area contributed by atoms with Crippen LogP contribution in [0.1, 0.15) is 10.5 Å². The Morgan fingerprint density at radius 2 is 2.12 bits per heavy atom. The van der Waals surface area contributed by atoms with Crippen molar-refractivity contribution in [2.24, 2.45) is 0 Å². The quantitative estimate of drug-likeness (QED) is 0.846. The van der Waals surface area contributed by atoms with Crippen molar-refractivity contribution < 1.29 is 14.6 Å². The van der Waals surface area contributed by atoms with Crippen LogP contribution in [0.2, 0.25) is 5.02 Å². The molecule has 0 radical (unpaired) electrons. The minimum atomic E-state index is -1.05. The number of halogens is 1. The zero-order valence-electron chi connectivity index (χ0n) is 8.52. The lowest BCUT2D eigenvalue weighted by molar-refractivity contribution is 0.0690. The van der Waals surface area contributed by atoms with Crippen LogP contribution in [-0.4, -0.2) is 42.4 Å². The first-order chi connectivity index (χ1) is 7.68. The van der Waals surface area contributed by atoms with Gasteiger partial charge in [0.1, 0.15) is 5.82 Å². The zero-order chi connectivity index (χ0) is 11.5. The number of nitrogens with zero attached hydrogens (tertiary/aromatic N) is 2. The Hall–Kier alpha value is -1.33. The van der Waals surface area contributed by atoms with Gasteiger partial charge in [0, 0.05) is 13.1 Å². The molecule has 0 unspecified atom stereocenters. The number of morpholine rings is 1. The smallest absolute Gasteiger partial charge is 0.354 e. The fraction of sp³-hybridized carbons (Fsp3) is 0.400. The highest BCUT2D eigenvalue weighted by atomic mass is 35.5. The Bertz CT molecular complexity index is 405. The maximum absolute atomic E-state index is 10.8. The second-order valence-electron chi connectivity index (χ2n) is 3.41. The van der Waals surface area contributed by atoms with E-state index in [0.29, 0.717) is 37.1 Å². The summed E-state index contributed by atoms with van der Waals surface area (Å²) >= 11 is 6.00. The van der Waals surface area contributed by atoms with Gasteiger partial charge in [-0.15, -0.1) is 0 Å². The van der Waals surface area contributed by atoms with Crippen LogP contribution < -0.4 is 4.90 Å². The van der Waals surface area contributed by atoms with Gasteiger partial charge in [-0.1, -0.05) is 11.6 Å². The van der Waals surface area contributed by atoms with E-state index < -0.39 is 5.97 Å². The van der Waals surface area contributed by atoms with E-state index in [1.807, 2.05) is 4.90 Å². The Labute approximate surface area is 97.6 Å². The molecule has 0 saturated carbocycles. The number of anilines is 1. The summed E-state index contributed by atoms with van der Waals surface area (Å²) in [6, 6.07) is 2.96. The molecule has 86 valence electrons. The van der Waals surface area contributed by atoms with Gasteiger partial charge in [-0.25, -0.2) is 9.78 Å². The number of pyridine rings is 1. The average Bonchev–Trinajstić information content (AvgIpc) is 2.30. The van der Waals surface area contributed by atoms with Crippen LogP contribution >= 0.6 is 11.6 Å². The van der Waals surface area contributed by atoms with Crippen LogP contribution in [0.5, 0.6) is 0 Å². The first-order valence-corrected chi connectivity index (χ1v) is 5.29. The van der Waals surface area contributed by atoms with Gasteiger partial charge < -0.3 is 14.7 Å². The van der Waals surface area contributed by atoms with Crippen LogP contribution in [-0.2, 0) is 4.74 Å². The maximum atomic E-state index is 10.8. The first kappa shape index (κ1) is 11.2. The lowest BCUT2D eigenvalue weighted by atomic mass is 10.3. The van der Waals surface area contributed by atoms with Gasteiger partial charge in [-0.2, -0.15) is 0 Å². The second-order valence-corrected chi connectivity index (χ2v) is 3.81. The second kappa shape index (κ2) is 4.67. The van der Waals surface area contributed by atoms with E-state index in [-0.39, 0.29) is 5.69 Å². The number of hydrogen-bond donors (Lipinski definition) is 1. The fourth-order valence-corrected chi connectivity index (χ4v) is 1.77. The molecule has 1 aromatic heterocycles. The van der Waals surface area contributed by atoms with Crippen molar-refractivity contribution in [2.45, 2.75) is 0 Å². The maximum Gasteiger partial charge on any atom is 0.354 e. The first-order valence-electron chi connectivity index (χ1n) is 4.91. The highest BCUT2D eigenvalue weighted by Crippen LogP contribution is 2.24. The van der Waals surface area contributed by atoms with E-state index in [2.05, 4.69) is 4.98 Å². The van der Waals surface area contributed by atoms with Gasteiger partial charge in [0.2, 0.25) is 0 Å². The van der Waals surface area contributed by atoms with E-state index in [4.69, 9.17) is 21.4 Å². The summed E-state index contributed by atoms with van der Waals surface area (Å²) < 4.78 is 5.21. The highest BCUT2D eigenvalue weighted by molar-refractivity contribution is 6.33. The van der Waals surface area contributed by atoms with Crippen molar-refractivity contribution in [3.05, 3.63) is 22.8 Å². The summed E-state index contributed by atoms with van der Waals surface area (Å²) in [5, 5.41) is 9.31. The molecular formula is C10H11ClN2O3. The topological polar surface area (TPSA) is 62.7 Å². The summed E-state index contributed by atoms with van der Waals surface area (Å²) in [5.41, 5.74) is 0.00546. The normalized spacial score (nSPS) is 16.2. The number of ether oxygens (including phenoxy) is 1. The number of carboxylic acid groups (broad SMARTS) is 1. The SMILES string of the molecule is O=C(O)c1ccc(Cl)c(N2CCOCC2)n1. The van der Waals surface area contributed by atoms with Gasteiger partial charge in [-0.05, 0) is 12.1 Å². The summed E-state index contributed by atoms with van der Waals surface area (Å²) in [4.78, 5) is 16.8. The van der Waals surface area contributed by atoms with E-state index >= 15 is 0 Å². The molecule has 1 fully saturated rings.